The molecule has 138 valence electrons. The summed E-state index contributed by atoms with van der Waals surface area (Å²) in [6.45, 7) is 2.90. The molecule has 1 N–H and O–H groups in total. The van der Waals surface area contributed by atoms with Gasteiger partial charge in [0.05, 0.1) is 17.3 Å². The lowest BCUT2D eigenvalue weighted by Gasteiger charge is -2.19. The highest BCUT2D eigenvalue weighted by Gasteiger charge is 2.21. The van der Waals surface area contributed by atoms with E-state index in [1.54, 1.807) is 11.3 Å². The van der Waals surface area contributed by atoms with E-state index < -0.39 is 0 Å². The van der Waals surface area contributed by atoms with Crippen LogP contribution < -0.4 is 4.90 Å². The van der Waals surface area contributed by atoms with Crippen LogP contribution in [0.1, 0.15) is 18.0 Å². The van der Waals surface area contributed by atoms with Gasteiger partial charge in [0.2, 0.25) is 4.77 Å². The summed E-state index contributed by atoms with van der Waals surface area (Å²) in [5.74, 6) is 0.890. The van der Waals surface area contributed by atoms with E-state index >= 15 is 0 Å². The Morgan fingerprint density at radius 1 is 1.11 bits per heavy atom. The van der Waals surface area contributed by atoms with Gasteiger partial charge in [0.1, 0.15) is 6.04 Å². The van der Waals surface area contributed by atoms with Crippen molar-refractivity contribution in [2.24, 2.45) is 7.05 Å². The molecule has 2 heterocycles. The zero-order chi connectivity index (χ0) is 19.0. The van der Waals surface area contributed by atoms with Crippen molar-refractivity contribution in [2.45, 2.75) is 19.6 Å². The number of nitrogens with zero attached hydrogens (tertiary/aromatic N) is 4. The highest BCUT2D eigenvalue weighted by Crippen LogP contribution is 2.24. The molecule has 0 aliphatic heterocycles. The highest BCUT2D eigenvalue weighted by molar-refractivity contribution is 7.71. The smallest absolute Gasteiger partial charge is 0.202 e. The van der Waals surface area contributed by atoms with Crippen LogP contribution in [0.25, 0.3) is 21.6 Å². The Balaban J connectivity index is 1.59. The van der Waals surface area contributed by atoms with E-state index in [1.165, 1.54) is 9.60 Å². The molecule has 2 atom stereocenters. The second-order valence-electron chi connectivity index (χ2n) is 6.78. The van der Waals surface area contributed by atoms with Crippen molar-refractivity contribution in [3.8, 4) is 11.4 Å². The van der Waals surface area contributed by atoms with Crippen LogP contribution in [0.2, 0.25) is 0 Å². The SMILES string of the molecule is C[C@@H](c1nc2ccccc2s1)[NH+](C)Cn1nc(-c2ccccc2)n(C)c1=S. The zero-order valence-corrected chi connectivity index (χ0v) is 17.2. The molecule has 0 saturated heterocycles. The minimum absolute atomic E-state index is 0.256. The molecular formula is C20H22N5S2+. The number of benzene rings is 2. The Labute approximate surface area is 167 Å². The third-order valence-corrected chi connectivity index (χ3v) is 6.60. The number of quaternary nitrogens is 1. The fourth-order valence-electron chi connectivity index (χ4n) is 3.09. The number of fused-ring (bicyclic) bond motifs is 1. The van der Waals surface area contributed by atoms with Crippen molar-refractivity contribution in [3.63, 3.8) is 0 Å². The highest BCUT2D eigenvalue weighted by atomic mass is 32.1. The zero-order valence-electron chi connectivity index (χ0n) is 15.6. The van der Waals surface area contributed by atoms with Crippen molar-refractivity contribution in [1.82, 2.24) is 19.3 Å². The lowest BCUT2D eigenvalue weighted by molar-refractivity contribution is -0.933. The summed E-state index contributed by atoms with van der Waals surface area (Å²) in [7, 11) is 4.13. The second-order valence-corrected chi connectivity index (χ2v) is 8.20. The molecule has 0 radical (unpaired) electrons. The molecule has 0 aliphatic carbocycles. The van der Waals surface area contributed by atoms with Crippen LogP contribution in [-0.4, -0.2) is 26.4 Å². The number of hydrogen-bond acceptors (Lipinski definition) is 4. The van der Waals surface area contributed by atoms with Crippen LogP contribution in [0.5, 0.6) is 0 Å². The predicted molar refractivity (Wildman–Crippen MR) is 112 cm³/mol. The Bertz CT molecular complexity index is 1090. The Kier molecular flexibility index (Phi) is 4.90. The van der Waals surface area contributed by atoms with Crippen molar-refractivity contribution in [2.75, 3.05) is 7.05 Å². The van der Waals surface area contributed by atoms with Gasteiger partial charge >= 0.3 is 0 Å². The minimum Gasteiger partial charge on any atom is -0.311 e. The predicted octanol–water partition coefficient (Wildman–Crippen LogP) is 3.46. The molecule has 0 spiro atoms. The van der Waals surface area contributed by atoms with E-state index in [1.807, 2.05) is 40.6 Å². The van der Waals surface area contributed by atoms with E-state index in [2.05, 4.69) is 44.3 Å². The van der Waals surface area contributed by atoms with Gasteiger partial charge in [-0.1, -0.05) is 42.5 Å². The second kappa shape index (κ2) is 7.34. The van der Waals surface area contributed by atoms with Crippen LogP contribution in [0, 0.1) is 4.77 Å². The van der Waals surface area contributed by atoms with Crippen LogP contribution in [0.3, 0.4) is 0 Å². The summed E-state index contributed by atoms with van der Waals surface area (Å²) in [5, 5.41) is 5.91. The van der Waals surface area contributed by atoms with Gasteiger partial charge < -0.3 is 9.47 Å². The maximum absolute atomic E-state index is 5.63. The van der Waals surface area contributed by atoms with Gasteiger partial charge in [-0.05, 0) is 31.3 Å². The largest absolute Gasteiger partial charge is 0.311 e. The van der Waals surface area contributed by atoms with Crippen LogP contribution in [0.15, 0.2) is 54.6 Å². The number of aromatic nitrogens is 4. The molecule has 0 bridgehead atoms. The standard InChI is InChI=1S/C20H21N5S2/c1-14(19-21-16-11-7-8-12-17(16)27-19)23(2)13-25-20(26)24(3)18(22-25)15-9-5-4-6-10-15/h4-12,14H,13H2,1-3H3/p+1/t14-/m0/s1. The monoisotopic (exact) mass is 396 g/mol. The first-order valence-electron chi connectivity index (χ1n) is 8.91. The fraction of sp³-hybridized carbons (Fsp3) is 0.250. The molecule has 4 rings (SSSR count). The summed E-state index contributed by atoms with van der Waals surface area (Å²) in [6.07, 6.45) is 0. The van der Waals surface area contributed by atoms with Crippen LogP contribution in [-0.2, 0) is 13.7 Å². The maximum Gasteiger partial charge on any atom is 0.202 e. The number of nitrogens with one attached hydrogen (secondary N) is 1. The van der Waals surface area contributed by atoms with Crippen LogP contribution >= 0.6 is 23.6 Å². The third-order valence-electron chi connectivity index (χ3n) is 4.89. The molecule has 0 aliphatic rings. The summed E-state index contributed by atoms with van der Waals surface area (Å²) >= 11 is 7.39. The molecule has 0 fully saturated rings. The number of thiazole rings is 1. The quantitative estimate of drug-likeness (QED) is 0.525. The molecule has 5 nitrogen and oxygen atoms in total. The van der Waals surface area contributed by atoms with E-state index in [9.17, 15) is 0 Å². The Morgan fingerprint density at radius 2 is 1.81 bits per heavy atom. The molecule has 7 heteroatoms. The van der Waals surface area contributed by atoms with E-state index in [4.69, 9.17) is 22.3 Å². The van der Waals surface area contributed by atoms with Gasteiger partial charge in [-0.25, -0.2) is 4.98 Å². The Hall–Kier alpha value is -2.35. The normalized spacial score (nSPS) is 13.7. The third kappa shape index (κ3) is 3.45. The van der Waals surface area contributed by atoms with Gasteiger partial charge in [0, 0.05) is 12.6 Å². The van der Waals surface area contributed by atoms with E-state index in [0.29, 0.717) is 6.67 Å². The summed E-state index contributed by atoms with van der Waals surface area (Å²) in [6, 6.07) is 18.7. The van der Waals surface area contributed by atoms with Gasteiger partial charge in [-0.3, -0.25) is 0 Å². The Morgan fingerprint density at radius 3 is 2.56 bits per heavy atom. The van der Waals surface area contributed by atoms with Crippen molar-refractivity contribution in [1.29, 1.82) is 0 Å². The molecule has 2 aromatic carbocycles. The minimum atomic E-state index is 0.256. The number of para-hydroxylation sites is 1. The van der Waals surface area contributed by atoms with Crippen molar-refractivity contribution < 1.29 is 4.90 Å². The number of rotatable bonds is 5. The molecule has 27 heavy (non-hydrogen) atoms. The molecule has 0 amide bonds. The van der Waals surface area contributed by atoms with Crippen molar-refractivity contribution in [3.05, 3.63) is 64.4 Å². The topological polar surface area (TPSA) is 40.1 Å². The first kappa shape index (κ1) is 18.0. The molecule has 4 aromatic rings. The summed E-state index contributed by atoms with van der Waals surface area (Å²) in [4.78, 5) is 6.10. The van der Waals surface area contributed by atoms with E-state index in [0.717, 1.165) is 26.7 Å². The number of hydrogen-bond donors (Lipinski definition) is 1. The van der Waals surface area contributed by atoms with Crippen molar-refractivity contribution >= 4 is 33.8 Å². The maximum atomic E-state index is 5.63. The molecule has 1 unspecified atom stereocenters. The average molecular weight is 397 g/mol. The first-order chi connectivity index (χ1) is 13.0. The molecule has 2 aromatic heterocycles. The molecular weight excluding hydrogens is 374 g/mol. The summed E-state index contributed by atoms with van der Waals surface area (Å²) < 4.78 is 5.84. The fourth-order valence-corrected chi connectivity index (χ4v) is 4.39. The average Bonchev–Trinajstić information content (AvgIpc) is 3.24. The van der Waals surface area contributed by atoms with Gasteiger partial charge in [-0.2, -0.15) is 4.68 Å². The van der Waals surface area contributed by atoms with E-state index in [-0.39, 0.29) is 6.04 Å². The lowest BCUT2D eigenvalue weighted by atomic mass is 10.2. The first-order valence-corrected chi connectivity index (χ1v) is 10.1. The lowest BCUT2D eigenvalue weighted by Crippen LogP contribution is -3.08. The molecule has 0 saturated carbocycles. The van der Waals surface area contributed by atoms with Gasteiger partial charge in [-0.15, -0.1) is 16.4 Å². The van der Waals surface area contributed by atoms with Gasteiger partial charge in [0.25, 0.3) is 0 Å². The van der Waals surface area contributed by atoms with Crippen LogP contribution in [0.4, 0.5) is 0 Å². The summed E-state index contributed by atoms with van der Waals surface area (Å²) in [5.41, 5.74) is 2.14. The van der Waals surface area contributed by atoms with Gasteiger partial charge in [0.15, 0.2) is 17.5 Å².